The minimum Gasteiger partial charge on any atom is -0.476 e. The van der Waals surface area contributed by atoms with Gasteiger partial charge in [-0.1, -0.05) is 75.7 Å². The molecule has 1 amide bonds. The number of sulfonamides is 1. The lowest BCUT2D eigenvalue weighted by atomic mass is 9.86. The molecule has 1 N–H and O–H groups in total. The lowest BCUT2D eigenvalue weighted by molar-refractivity contribution is -0.128. The smallest absolute Gasteiger partial charge is 0.264 e. The quantitative estimate of drug-likeness (QED) is 0.453. The molecule has 0 saturated heterocycles. The Bertz CT molecular complexity index is 1370. The molecule has 0 radical (unpaired) electrons. The molecule has 3 aromatic carbocycles. The molecule has 0 aliphatic carbocycles. The van der Waals surface area contributed by atoms with Crippen molar-refractivity contribution < 1.29 is 17.9 Å². The van der Waals surface area contributed by atoms with Crippen molar-refractivity contribution in [1.82, 2.24) is 5.32 Å². The fourth-order valence-corrected chi connectivity index (χ4v) is 5.82. The first-order valence-electron chi connectivity index (χ1n) is 12.7. The predicted molar refractivity (Wildman–Crippen MR) is 148 cm³/mol. The molecule has 3 aromatic rings. The molecule has 0 saturated carbocycles. The number of ether oxygens (including phenoxy) is 1. The minimum absolute atomic E-state index is 0.121. The minimum atomic E-state index is -3.94. The summed E-state index contributed by atoms with van der Waals surface area (Å²) in [4.78, 5) is 13.5. The molecule has 1 aliphatic heterocycles. The summed E-state index contributed by atoms with van der Waals surface area (Å²) >= 11 is 0. The maximum absolute atomic E-state index is 13.8. The first-order valence-corrected chi connectivity index (χ1v) is 14.1. The Morgan fingerprint density at radius 1 is 1.05 bits per heavy atom. The summed E-state index contributed by atoms with van der Waals surface area (Å²) in [5.41, 5.74) is 4.40. The van der Waals surface area contributed by atoms with Crippen molar-refractivity contribution in [3.63, 3.8) is 0 Å². The summed E-state index contributed by atoms with van der Waals surface area (Å²) in [6.07, 6.45) is -0.0518. The second-order valence-electron chi connectivity index (χ2n) is 10.7. The van der Waals surface area contributed by atoms with Gasteiger partial charge >= 0.3 is 0 Å². The van der Waals surface area contributed by atoms with E-state index in [0.717, 1.165) is 23.1 Å². The summed E-state index contributed by atoms with van der Waals surface area (Å²) in [5, 5.41) is 3.00. The molecule has 2 unspecified atom stereocenters. The molecule has 2 atom stereocenters. The first-order chi connectivity index (χ1) is 17.4. The third kappa shape index (κ3) is 5.67. The Hall–Kier alpha value is -3.32. The highest BCUT2D eigenvalue weighted by Crippen LogP contribution is 2.40. The summed E-state index contributed by atoms with van der Waals surface area (Å²) in [5.74, 6) is 0.0109. The monoisotopic (exact) mass is 520 g/mol. The summed E-state index contributed by atoms with van der Waals surface area (Å²) in [6, 6.07) is 20.1. The Balaban J connectivity index is 1.67. The van der Waals surface area contributed by atoms with Gasteiger partial charge in [-0.25, -0.2) is 8.42 Å². The highest BCUT2D eigenvalue weighted by atomic mass is 32.2. The number of nitrogens with zero attached hydrogens (tertiary/aromatic N) is 1. The van der Waals surface area contributed by atoms with Crippen LogP contribution in [-0.2, 0) is 26.7 Å². The molecule has 6 nitrogen and oxygen atoms in total. The van der Waals surface area contributed by atoms with Crippen molar-refractivity contribution in [2.24, 2.45) is 0 Å². The topological polar surface area (TPSA) is 75.7 Å². The van der Waals surface area contributed by atoms with Gasteiger partial charge in [0.25, 0.3) is 15.9 Å². The van der Waals surface area contributed by atoms with Gasteiger partial charge in [-0.05, 0) is 66.6 Å². The van der Waals surface area contributed by atoms with Gasteiger partial charge in [0.15, 0.2) is 6.10 Å². The van der Waals surface area contributed by atoms with Crippen molar-refractivity contribution >= 4 is 21.6 Å². The van der Waals surface area contributed by atoms with Crippen LogP contribution in [0.25, 0.3) is 0 Å². The van der Waals surface area contributed by atoms with Crippen molar-refractivity contribution in [3.05, 3.63) is 89.0 Å². The van der Waals surface area contributed by atoms with Gasteiger partial charge < -0.3 is 10.1 Å². The highest BCUT2D eigenvalue weighted by Gasteiger charge is 2.38. The van der Waals surface area contributed by atoms with Gasteiger partial charge in [0, 0.05) is 0 Å². The molecule has 1 heterocycles. The molecular formula is C30H36N2O4S. The van der Waals surface area contributed by atoms with Gasteiger partial charge in [0.2, 0.25) is 0 Å². The fourth-order valence-electron chi connectivity index (χ4n) is 4.35. The van der Waals surface area contributed by atoms with E-state index in [2.05, 4.69) is 33.0 Å². The van der Waals surface area contributed by atoms with E-state index in [-0.39, 0.29) is 28.8 Å². The van der Waals surface area contributed by atoms with E-state index in [4.69, 9.17) is 4.74 Å². The zero-order valence-electron chi connectivity index (χ0n) is 22.4. The van der Waals surface area contributed by atoms with E-state index >= 15 is 0 Å². The van der Waals surface area contributed by atoms with Crippen LogP contribution >= 0.6 is 0 Å². The van der Waals surface area contributed by atoms with Gasteiger partial charge in [0.05, 0.1) is 23.2 Å². The number of hydrogen-bond acceptors (Lipinski definition) is 4. The lowest BCUT2D eigenvalue weighted by Gasteiger charge is -2.36. The number of aryl methyl sites for hydroxylation is 2. The van der Waals surface area contributed by atoms with E-state index in [0.29, 0.717) is 11.4 Å². The maximum atomic E-state index is 13.8. The molecular weight excluding hydrogens is 484 g/mol. The van der Waals surface area contributed by atoms with E-state index in [1.807, 2.05) is 50.2 Å². The lowest BCUT2D eigenvalue weighted by Crippen LogP contribution is -2.51. The third-order valence-corrected chi connectivity index (χ3v) is 8.64. The average Bonchev–Trinajstić information content (AvgIpc) is 2.87. The molecule has 0 fully saturated rings. The van der Waals surface area contributed by atoms with Gasteiger partial charge in [-0.15, -0.1) is 0 Å². The number of hydrogen-bond donors (Lipinski definition) is 1. The van der Waals surface area contributed by atoms with Gasteiger partial charge in [0.1, 0.15) is 5.75 Å². The SMILES string of the molecule is CCc1ccc(C(C)NC(=O)C2CN(S(=O)(=O)c3ccc(C)cc3)c3cc(C(C)(C)C)ccc3O2)cc1. The van der Waals surface area contributed by atoms with Crippen LogP contribution in [0.3, 0.4) is 0 Å². The summed E-state index contributed by atoms with van der Waals surface area (Å²) < 4.78 is 35.1. The second kappa shape index (κ2) is 10.2. The molecule has 0 spiro atoms. The van der Waals surface area contributed by atoms with Crippen LogP contribution in [-0.4, -0.2) is 27.0 Å². The van der Waals surface area contributed by atoms with Crippen LogP contribution < -0.4 is 14.4 Å². The van der Waals surface area contributed by atoms with Crippen LogP contribution in [0.2, 0.25) is 0 Å². The Labute approximate surface area is 220 Å². The van der Waals surface area contributed by atoms with Crippen molar-refractivity contribution in [2.75, 3.05) is 10.8 Å². The van der Waals surface area contributed by atoms with E-state index in [1.165, 1.54) is 9.87 Å². The fraction of sp³-hybridized carbons (Fsp3) is 0.367. The summed E-state index contributed by atoms with van der Waals surface area (Å²) in [6.45, 7) is 12.0. The Kier molecular flexibility index (Phi) is 7.38. The van der Waals surface area contributed by atoms with Crippen LogP contribution in [0.5, 0.6) is 5.75 Å². The average molecular weight is 521 g/mol. The predicted octanol–water partition coefficient (Wildman–Crippen LogP) is 5.69. The Morgan fingerprint density at radius 2 is 1.70 bits per heavy atom. The number of nitrogens with one attached hydrogen (secondary N) is 1. The number of carbonyl (C=O) groups is 1. The zero-order chi connectivity index (χ0) is 27.0. The molecule has 196 valence electrons. The second-order valence-corrected chi connectivity index (χ2v) is 12.6. The standard InChI is InChI=1S/C30H36N2O4S/c1-7-22-10-12-23(13-11-22)21(3)31-29(33)28-19-32(37(34,35)25-15-8-20(2)9-16-25)26-18-24(30(4,5)6)14-17-27(26)36-28/h8-18,21,28H,7,19H2,1-6H3,(H,31,33). The van der Waals surface area contributed by atoms with Crippen molar-refractivity contribution in [2.45, 2.75) is 70.4 Å². The molecule has 37 heavy (non-hydrogen) atoms. The number of benzene rings is 3. The zero-order valence-corrected chi connectivity index (χ0v) is 23.2. The highest BCUT2D eigenvalue weighted by molar-refractivity contribution is 7.92. The van der Waals surface area contributed by atoms with Crippen LogP contribution in [0.15, 0.2) is 71.6 Å². The van der Waals surface area contributed by atoms with Gasteiger partial charge in [-0.2, -0.15) is 0 Å². The molecule has 4 rings (SSSR count). The van der Waals surface area contributed by atoms with Crippen LogP contribution in [0.4, 0.5) is 5.69 Å². The number of carbonyl (C=O) groups excluding carboxylic acids is 1. The number of rotatable bonds is 6. The number of fused-ring (bicyclic) bond motifs is 1. The van der Waals surface area contributed by atoms with E-state index < -0.39 is 16.1 Å². The third-order valence-electron chi connectivity index (χ3n) is 6.84. The van der Waals surface area contributed by atoms with Crippen molar-refractivity contribution in [3.8, 4) is 5.75 Å². The molecule has 1 aliphatic rings. The van der Waals surface area contributed by atoms with Crippen molar-refractivity contribution in [1.29, 1.82) is 0 Å². The Morgan fingerprint density at radius 3 is 2.30 bits per heavy atom. The molecule has 0 aromatic heterocycles. The molecule has 7 heteroatoms. The molecule has 0 bridgehead atoms. The largest absolute Gasteiger partial charge is 0.476 e. The first kappa shape index (κ1) is 26.7. The van der Waals surface area contributed by atoms with E-state index in [9.17, 15) is 13.2 Å². The summed E-state index contributed by atoms with van der Waals surface area (Å²) in [7, 11) is -3.94. The normalized spacial score (nSPS) is 16.5. The number of anilines is 1. The number of amides is 1. The maximum Gasteiger partial charge on any atom is 0.264 e. The van der Waals surface area contributed by atoms with Crippen LogP contribution in [0, 0.1) is 6.92 Å². The van der Waals surface area contributed by atoms with E-state index in [1.54, 1.807) is 30.3 Å². The van der Waals surface area contributed by atoms with Gasteiger partial charge in [-0.3, -0.25) is 9.10 Å². The van der Waals surface area contributed by atoms with Crippen LogP contribution in [0.1, 0.15) is 62.9 Å².